The van der Waals surface area contributed by atoms with Gasteiger partial charge in [-0.05, 0) is 32.4 Å². The summed E-state index contributed by atoms with van der Waals surface area (Å²) in [6.45, 7) is 3.06. The normalized spacial score (nSPS) is 19.9. The van der Waals surface area contributed by atoms with Crippen LogP contribution in [0, 0.1) is 6.92 Å². The Hall–Kier alpha value is -0.380. The maximum atomic E-state index is 4.42. The van der Waals surface area contributed by atoms with Crippen molar-refractivity contribution in [2.45, 2.75) is 32.2 Å². The molecule has 0 bridgehead atoms. The lowest BCUT2D eigenvalue weighted by molar-refractivity contribution is 0.404. The molecule has 1 fully saturated rings. The van der Waals surface area contributed by atoms with Gasteiger partial charge in [-0.1, -0.05) is 6.42 Å². The maximum Gasteiger partial charge on any atom is 0.125 e. The molecule has 1 aliphatic rings. The summed E-state index contributed by atoms with van der Waals surface area (Å²) < 4.78 is 0. The van der Waals surface area contributed by atoms with E-state index in [4.69, 9.17) is 0 Å². The number of halogens is 2. The molecule has 1 saturated heterocycles. The molecule has 86 valence electrons. The average Bonchev–Trinajstić information content (AvgIpc) is 2.19. The number of rotatable bonds is 1. The minimum atomic E-state index is 0. The summed E-state index contributed by atoms with van der Waals surface area (Å²) in [5, 5.41) is 3.47. The van der Waals surface area contributed by atoms with Crippen molar-refractivity contribution in [1.29, 1.82) is 0 Å². The molecule has 1 aromatic rings. The third-order valence-corrected chi connectivity index (χ3v) is 2.46. The molecule has 0 spiro atoms. The molecule has 15 heavy (non-hydrogen) atoms. The number of piperidine rings is 1. The van der Waals surface area contributed by atoms with Gasteiger partial charge in [-0.2, -0.15) is 0 Å². The standard InChI is InChI=1S/C10H15N3.2ClH/c1-8-11-7-5-10(13-8)9-4-2-3-6-12-9;;/h5,7,9,12H,2-4,6H2,1H3;2*1H. The van der Waals surface area contributed by atoms with Crippen molar-refractivity contribution < 1.29 is 0 Å². The molecular formula is C10H17Cl2N3. The summed E-state index contributed by atoms with van der Waals surface area (Å²) in [4.78, 5) is 8.52. The van der Waals surface area contributed by atoms with Gasteiger partial charge in [-0.25, -0.2) is 9.97 Å². The fourth-order valence-electron chi connectivity index (χ4n) is 1.77. The lowest BCUT2D eigenvalue weighted by Crippen LogP contribution is -2.27. The van der Waals surface area contributed by atoms with E-state index in [9.17, 15) is 0 Å². The quantitative estimate of drug-likeness (QED) is 0.831. The molecule has 0 aliphatic carbocycles. The molecule has 0 aromatic carbocycles. The van der Waals surface area contributed by atoms with Gasteiger partial charge in [0.2, 0.25) is 0 Å². The molecule has 1 aliphatic heterocycles. The Balaban J connectivity index is 0.000000980. The van der Waals surface area contributed by atoms with Gasteiger partial charge in [0.15, 0.2) is 0 Å². The first-order valence-corrected chi connectivity index (χ1v) is 4.89. The van der Waals surface area contributed by atoms with Crippen molar-refractivity contribution in [3.8, 4) is 0 Å². The zero-order valence-corrected chi connectivity index (χ0v) is 10.4. The lowest BCUT2D eigenvalue weighted by Gasteiger charge is -2.22. The number of hydrogen-bond donors (Lipinski definition) is 1. The Morgan fingerprint density at radius 1 is 1.33 bits per heavy atom. The smallest absolute Gasteiger partial charge is 0.125 e. The fourth-order valence-corrected chi connectivity index (χ4v) is 1.77. The van der Waals surface area contributed by atoms with Crippen LogP contribution in [-0.2, 0) is 0 Å². The van der Waals surface area contributed by atoms with E-state index in [-0.39, 0.29) is 24.8 Å². The van der Waals surface area contributed by atoms with Crippen LogP contribution < -0.4 is 5.32 Å². The van der Waals surface area contributed by atoms with Gasteiger partial charge in [0.05, 0.1) is 5.69 Å². The van der Waals surface area contributed by atoms with Gasteiger partial charge in [-0.3, -0.25) is 0 Å². The maximum absolute atomic E-state index is 4.42. The first kappa shape index (κ1) is 14.6. The molecule has 0 amide bonds. The molecule has 2 heterocycles. The lowest BCUT2D eigenvalue weighted by atomic mass is 10.0. The number of nitrogens with one attached hydrogen (secondary N) is 1. The van der Waals surface area contributed by atoms with Gasteiger partial charge in [-0.15, -0.1) is 24.8 Å². The van der Waals surface area contributed by atoms with E-state index in [2.05, 4.69) is 15.3 Å². The Labute approximate surface area is 103 Å². The molecule has 1 unspecified atom stereocenters. The summed E-state index contributed by atoms with van der Waals surface area (Å²) in [5.74, 6) is 0.866. The van der Waals surface area contributed by atoms with Crippen molar-refractivity contribution in [2.75, 3.05) is 6.54 Å². The van der Waals surface area contributed by atoms with E-state index in [1.165, 1.54) is 19.3 Å². The zero-order chi connectivity index (χ0) is 9.10. The predicted molar refractivity (Wildman–Crippen MR) is 65.9 cm³/mol. The topological polar surface area (TPSA) is 37.8 Å². The van der Waals surface area contributed by atoms with E-state index in [1.54, 1.807) is 0 Å². The summed E-state index contributed by atoms with van der Waals surface area (Å²) in [7, 11) is 0. The highest BCUT2D eigenvalue weighted by atomic mass is 35.5. The van der Waals surface area contributed by atoms with Crippen LogP contribution >= 0.6 is 24.8 Å². The van der Waals surface area contributed by atoms with Crippen molar-refractivity contribution in [2.24, 2.45) is 0 Å². The molecule has 1 atom stereocenters. The van der Waals surface area contributed by atoms with Crippen LogP contribution in [0.4, 0.5) is 0 Å². The van der Waals surface area contributed by atoms with Crippen LogP contribution in [0.15, 0.2) is 12.3 Å². The van der Waals surface area contributed by atoms with E-state index < -0.39 is 0 Å². The van der Waals surface area contributed by atoms with Gasteiger partial charge in [0.25, 0.3) is 0 Å². The minimum absolute atomic E-state index is 0. The predicted octanol–water partition coefficient (Wildman–Crippen LogP) is 2.44. The third kappa shape index (κ3) is 3.93. The summed E-state index contributed by atoms with van der Waals surface area (Å²) in [5.41, 5.74) is 1.15. The number of aryl methyl sites for hydroxylation is 1. The summed E-state index contributed by atoms with van der Waals surface area (Å²) in [6, 6.07) is 2.46. The summed E-state index contributed by atoms with van der Waals surface area (Å²) in [6.07, 6.45) is 5.64. The molecular weight excluding hydrogens is 233 g/mol. The first-order valence-electron chi connectivity index (χ1n) is 4.89. The second-order valence-corrected chi connectivity index (χ2v) is 3.53. The van der Waals surface area contributed by atoms with Crippen molar-refractivity contribution >= 4 is 24.8 Å². The number of nitrogens with zero attached hydrogens (tertiary/aromatic N) is 2. The van der Waals surface area contributed by atoms with Gasteiger partial charge < -0.3 is 5.32 Å². The van der Waals surface area contributed by atoms with E-state index in [0.717, 1.165) is 18.1 Å². The van der Waals surface area contributed by atoms with Crippen molar-refractivity contribution in [1.82, 2.24) is 15.3 Å². The molecule has 1 N–H and O–H groups in total. The minimum Gasteiger partial charge on any atom is -0.309 e. The number of hydrogen-bond acceptors (Lipinski definition) is 3. The van der Waals surface area contributed by atoms with E-state index >= 15 is 0 Å². The van der Waals surface area contributed by atoms with Gasteiger partial charge in [0.1, 0.15) is 5.82 Å². The Kier molecular flexibility index (Phi) is 6.81. The zero-order valence-electron chi connectivity index (χ0n) is 8.77. The van der Waals surface area contributed by atoms with Gasteiger partial charge >= 0.3 is 0 Å². The van der Waals surface area contributed by atoms with Crippen LogP contribution in [0.5, 0.6) is 0 Å². The van der Waals surface area contributed by atoms with Crippen LogP contribution in [0.1, 0.15) is 36.8 Å². The van der Waals surface area contributed by atoms with Crippen molar-refractivity contribution in [3.05, 3.63) is 23.8 Å². The second-order valence-electron chi connectivity index (χ2n) is 3.53. The molecule has 1 aromatic heterocycles. The van der Waals surface area contributed by atoms with E-state index in [1.807, 2.05) is 19.2 Å². The number of aromatic nitrogens is 2. The summed E-state index contributed by atoms with van der Waals surface area (Å²) >= 11 is 0. The van der Waals surface area contributed by atoms with Crippen LogP contribution in [-0.4, -0.2) is 16.5 Å². The molecule has 0 saturated carbocycles. The highest BCUT2D eigenvalue weighted by Gasteiger charge is 2.15. The van der Waals surface area contributed by atoms with Crippen molar-refractivity contribution in [3.63, 3.8) is 0 Å². The Morgan fingerprint density at radius 3 is 2.73 bits per heavy atom. The highest BCUT2D eigenvalue weighted by Crippen LogP contribution is 2.20. The fraction of sp³-hybridized carbons (Fsp3) is 0.600. The average molecular weight is 250 g/mol. The van der Waals surface area contributed by atoms with E-state index in [0.29, 0.717) is 6.04 Å². The SMILES string of the molecule is Cc1nccc(C2CCCCN2)n1.Cl.Cl. The van der Waals surface area contributed by atoms with Crippen LogP contribution in [0.2, 0.25) is 0 Å². The first-order chi connectivity index (χ1) is 6.36. The van der Waals surface area contributed by atoms with Gasteiger partial charge in [0, 0.05) is 12.2 Å². The molecule has 2 rings (SSSR count). The third-order valence-electron chi connectivity index (χ3n) is 2.46. The second kappa shape index (κ2) is 6.99. The molecule has 3 nitrogen and oxygen atoms in total. The molecule has 5 heteroatoms. The Morgan fingerprint density at radius 2 is 2.13 bits per heavy atom. The monoisotopic (exact) mass is 249 g/mol. The largest absolute Gasteiger partial charge is 0.309 e. The Bertz CT molecular complexity index is 288. The van der Waals surface area contributed by atoms with Crippen LogP contribution in [0.3, 0.4) is 0 Å². The molecule has 0 radical (unpaired) electrons. The van der Waals surface area contributed by atoms with Crippen LogP contribution in [0.25, 0.3) is 0 Å². The highest BCUT2D eigenvalue weighted by molar-refractivity contribution is 5.85.